The van der Waals surface area contributed by atoms with Gasteiger partial charge in [-0.2, -0.15) is 0 Å². The molecule has 0 aromatic heterocycles. The molecule has 1 saturated heterocycles. The first-order valence-electron chi connectivity index (χ1n) is 9.73. The second-order valence-electron chi connectivity index (χ2n) is 6.72. The molecule has 0 aromatic rings. The van der Waals surface area contributed by atoms with E-state index in [1.54, 1.807) is 0 Å². The molecule has 0 spiro atoms. The smallest absolute Gasteiger partial charge is 0.308 e. The predicted molar refractivity (Wildman–Crippen MR) is 101 cm³/mol. The zero-order chi connectivity index (χ0) is 17.8. The van der Waals surface area contributed by atoms with Crippen LogP contribution in [0.2, 0.25) is 0 Å². The second-order valence-corrected chi connectivity index (χ2v) is 8.99. The molecule has 6 nitrogen and oxygen atoms in total. The molecule has 24 heavy (non-hydrogen) atoms. The molecule has 0 aliphatic carbocycles. The lowest BCUT2D eigenvalue weighted by molar-refractivity contribution is -0.129. The summed E-state index contributed by atoms with van der Waals surface area (Å²) in [4.78, 5) is 12.4. The zero-order valence-electron chi connectivity index (χ0n) is 15.6. The summed E-state index contributed by atoms with van der Waals surface area (Å²) in [6.07, 6.45) is 10.4. The largest absolute Gasteiger partial charge is 0.320 e. The molecule has 0 bridgehead atoms. The van der Waals surface area contributed by atoms with Gasteiger partial charge in [-0.3, -0.25) is 14.0 Å². The maximum absolute atomic E-state index is 13.4. The minimum absolute atomic E-state index is 0.188. The molecule has 0 aromatic carbocycles. The van der Waals surface area contributed by atoms with Crippen molar-refractivity contribution >= 4 is 13.5 Å². The zero-order valence-corrected chi connectivity index (χ0v) is 16.5. The van der Waals surface area contributed by atoms with Crippen molar-refractivity contribution in [3.63, 3.8) is 0 Å². The Morgan fingerprint density at radius 3 is 2.08 bits per heavy atom. The van der Waals surface area contributed by atoms with Crippen LogP contribution < -0.4 is 15.9 Å². The van der Waals surface area contributed by atoms with Crippen molar-refractivity contribution in [3.05, 3.63) is 0 Å². The summed E-state index contributed by atoms with van der Waals surface area (Å²) in [5, 5.41) is 6.32. The number of hydrogen-bond donors (Lipinski definition) is 3. The highest BCUT2D eigenvalue weighted by Crippen LogP contribution is 2.43. The van der Waals surface area contributed by atoms with Crippen LogP contribution in [0.4, 0.5) is 0 Å². The highest BCUT2D eigenvalue weighted by atomic mass is 31.2. The van der Waals surface area contributed by atoms with Crippen molar-refractivity contribution in [3.8, 4) is 0 Å². The Morgan fingerprint density at radius 1 is 1.04 bits per heavy atom. The lowest BCUT2D eigenvalue weighted by atomic mass is 10.1. The van der Waals surface area contributed by atoms with Gasteiger partial charge in [-0.15, -0.1) is 0 Å². The van der Waals surface area contributed by atoms with Crippen molar-refractivity contribution in [2.75, 3.05) is 19.6 Å². The van der Waals surface area contributed by atoms with Crippen LogP contribution in [0, 0.1) is 0 Å². The molecule has 1 atom stereocenters. The summed E-state index contributed by atoms with van der Waals surface area (Å²) in [7, 11) is -3.08. The first kappa shape index (κ1) is 21.6. The summed E-state index contributed by atoms with van der Waals surface area (Å²) in [5.41, 5.74) is 5.89. The van der Waals surface area contributed by atoms with Gasteiger partial charge in [0.1, 0.15) is 0 Å². The molecule has 4 N–H and O–H groups in total. The molecule has 0 unspecified atom stereocenters. The van der Waals surface area contributed by atoms with E-state index in [0.717, 1.165) is 32.1 Å². The molecule has 7 heteroatoms. The van der Waals surface area contributed by atoms with E-state index in [1.165, 1.54) is 30.4 Å². The average molecular weight is 360 g/mol. The van der Waals surface area contributed by atoms with E-state index < -0.39 is 13.6 Å². The summed E-state index contributed by atoms with van der Waals surface area (Å²) in [6, 6.07) is -0.518. The van der Waals surface area contributed by atoms with Crippen molar-refractivity contribution < 1.29 is 9.36 Å². The molecule has 0 radical (unpaired) electrons. The minimum Gasteiger partial charge on any atom is -0.320 e. The molecule has 1 amide bonds. The lowest BCUT2D eigenvalue weighted by Crippen LogP contribution is -2.50. The van der Waals surface area contributed by atoms with E-state index in [-0.39, 0.29) is 5.91 Å². The Bertz CT molecular complexity index is 388. The third-order valence-electron chi connectivity index (χ3n) is 4.51. The third-order valence-corrected chi connectivity index (χ3v) is 6.89. The van der Waals surface area contributed by atoms with Gasteiger partial charge < -0.3 is 5.73 Å². The third kappa shape index (κ3) is 7.22. The molecule has 142 valence electrons. The van der Waals surface area contributed by atoms with Crippen LogP contribution >= 0.6 is 7.59 Å². The molecule has 1 rings (SSSR count). The lowest BCUT2D eigenvalue weighted by Gasteiger charge is -2.37. The van der Waals surface area contributed by atoms with Crippen LogP contribution in [-0.2, 0) is 9.36 Å². The molecule has 1 aliphatic heterocycles. The SMILES string of the molecule is CCCCCCNP(=O)(NCCCCCC)N1CCC[C@H](N)C1=O. The highest BCUT2D eigenvalue weighted by molar-refractivity contribution is 7.58. The first-order valence-corrected chi connectivity index (χ1v) is 11.4. The second kappa shape index (κ2) is 12.0. The van der Waals surface area contributed by atoms with Gasteiger partial charge in [0.05, 0.1) is 6.04 Å². The number of nitrogens with zero attached hydrogens (tertiary/aromatic N) is 1. The summed E-state index contributed by atoms with van der Waals surface area (Å²) < 4.78 is 14.9. The number of carbonyl (C=O) groups is 1. The standard InChI is InChI=1S/C17H37N4O2P/c1-3-5-7-9-13-19-24(23,20-14-10-8-6-4-2)21-15-11-12-16(18)17(21)22/h16H,3-15,18H2,1-2H3,(H2,19,20,23)/t16-/m0/s1. The summed E-state index contributed by atoms with van der Waals surface area (Å²) in [5.74, 6) is -0.188. The topological polar surface area (TPSA) is 87.5 Å². The van der Waals surface area contributed by atoms with Gasteiger partial charge in [0.2, 0.25) is 5.91 Å². The molecule has 1 fully saturated rings. The minimum atomic E-state index is -3.08. The number of nitrogens with two attached hydrogens (primary N) is 1. The van der Waals surface area contributed by atoms with Crippen LogP contribution in [0.15, 0.2) is 0 Å². The average Bonchev–Trinajstić information content (AvgIpc) is 2.57. The van der Waals surface area contributed by atoms with Gasteiger partial charge in [0.25, 0.3) is 0 Å². The van der Waals surface area contributed by atoms with Gasteiger partial charge >= 0.3 is 7.59 Å². The van der Waals surface area contributed by atoms with Crippen LogP contribution in [0.25, 0.3) is 0 Å². The van der Waals surface area contributed by atoms with Crippen LogP contribution in [-0.4, -0.2) is 36.3 Å². The van der Waals surface area contributed by atoms with Crippen molar-refractivity contribution in [1.29, 1.82) is 0 Å². The Kier molecular flexibility index (Phi) is 10.8. The molecule has 1 aliphatic rings. The number of hydrogen-bond acceptors (Lipinski definition) is 3. The van der Waals surface area contributed by atoms with Crippen LogP contribution in [0.5, 0.6) is 0 Å². The highest BCUT2D eigenvalue weighted by Gasteiger charge is 2.38. The molecular weight excluding hydrogens is 323 g/mol. The number of nitrogens with one attached hydrogen (secondary N) is 2. The number of piperidine rings is 1. The van der Waals surface area contributed by atoms with E-state index in [9.17, 15) is 9.36 Å². The molecule has 1 heterocycles. The fourth-order valence-corrected chi connectivity index (χ4v) is 5.18. The quantitative estimate of drug-likeness (QED) is 0.346. The Balaban J connectivity index is 2.59. The van der Waals surface area contributed by atoms with Crippen LogP contribution in [0.1, 0.15) is 78.1 Å². The molecular formula is C17H37N4O2P. The number of rotatable bonds is 13. The number of carbonyl (C=O) groups excluding carboxylic acids is 1. The van der Waals surface area contributed by atoms with Gasteiger partial charge in [0.15, 0.2) is 0 Å². The van der Waals surface area contributed by atoms with Crippen LogP contribution in [0.3, 0.4) is 0 Å². The Labute approximate surface area is 147 Å². The monoisotopic (exact) mass is 360 g/mol. The van der Waals surface area contributed by atoms with E-state index in [4.69, 9.17) is 5.73 Å². The first-order chi connectivity index (χ1) is 11.5. The van der Waals surface area contributed by atoms with E-state index in [0.29, 0.717) is 26.1 Å². The maximum atomic E-state index is 13.4. The molecule has 0 saturated carbocycles. The van der Waals surface area contributed by atoms with Crippen molar-refractivity contribution in [1.82, 2.24) is 14.8 Å². The Morgan fingerprint density at radius 2 is 1.58 bits per heavy atom. The summed E-state index contributed by atoms with van der Waals surface area (Å²) in [6.45, 7) is 6.19. The van der Waals surface area contributed by atoms with E-state index in [1.807, 2.05) is 0 Å². The van der Waals surface area contributed by atoms with Gasteiger partial charge in [-0.1, -0.05) is 52.4 Å². The predicted octanol–water partition coefficient (Wildman–Crippen LogP) is 3.38. The van der Waals surface area contributed by atoms with Crippen molar-refractivity contribution in [2.24, 2.45) is 5.73 Å². The number of amides is 1. The fraction of sp³-hybridized carbons (Fsp3) is 0.941. The van der Waals surface area contributed by atoms with Crippen molar-refractivity contribution in [2.45, 2.75) is 84.1 Å². The normalized spacial score (nSPS) is 19.0. The maximum Gasteiger partial charge on any atom is 0.308 e. The van der Waals surface area contributed by atoms with E-state index >= 15 is 0 Å². The number of unbranched alkanes of at least 4 members (excludes halogenated alkanes) is 6. The van der Waals surface area contributed by atoms with Gasteiger partial charge in [0, 0.05) is 19.6 Å². The Hall–Kier alpha value is -0.420. The summed E-state index contributed by atoms with van der Waals surface area (Å²) >= 11 is 0. The van der Waals surface area contributed by atoms with Gasteiger partial charge in [-0.05, 0) is 25.7 Å². The van der Waals surface area contributed by atoms with Gasteiger partial charge in [-0.25, -0.2) is 10.2 Å². The van der Waals surface area contributed by atoms with E-state index in [2.05, 4.69) is 24.0 Å². The fourth-order valence-electron chi connectivity index (χ4n) is 2.96.